The normalized spacial score (nSPS) is 22.7. The van der Waals surface area contributed by atoms with Gasteiger partial charge >= 0.3 is 12.1 Å². The number of benzene rings is 2. The number of hydrogen-bond acceptors (Lipinski definition) is 11. The fourth-order valence-electron chi connectivity index (χ4n) is 4.30. The van der Waals surface area contributed by atoms with Crippen LogP contribution in [-0.4, -0.2) is 94.5 Å². The molecule has 1 aliphatic rings. The first kappa shape index (κ1) is 29.8. The Balaban J connectivity index is 1.40. The number of halogens is 3. The number of aliphatic hydroxyl groups is 4. The van der Waals surface area contributed by atoms with Crippen molar-refractivity contribution in [2.45, 2.75) is 36.9 Å². The van der Waals surface area contributed by atoms with Crippen molar-refractivity contribution < 1.29 is 53.0 Å². The van der Waals surface area contributed by atoms with Gasteiger partial charge in [0.1, 0.15) is 36.5 Å². The number of nitrogens with zero attached hydrogens (tertiary/aromatic N) is 5. The summed E-state index contributed by atoms with van der Waals surface area (Å²) in [7, 11) is 0. The van der Waals surface area contributed by atoms with Crippen LogP contribution in [0.3, 0.4) is 0 Å². The minimum atomic E-state index is -4.94. The average molecular weight is 604 g/mol. The van der Waals surface area contributed by atoms with Gasteiger partial charge in [0.25, 0.3) is 0 Å². The fraction of sp³-hybridized carbons (Fsp3) is 0.269. The highest BCUT2D eigenvalue weighted by molar-refractivity contribution is 5.88. The van der Waals surface area contributed by atoms with Crippen molar-refractivity contribution in [2.75, 3.05) is 6.61 Å². The second-order valence-electron chi connectivity index (χ2n) is 9.38. The molecule has 5 rings (SSSR count). The van der Waals surface area contributed by atoms with Gasteiger partial charge < -0.3 is 35.0 Å². The molecule has 1 aliphatic heterocycles. The van der Waals surface area contributed by atoms with E-state index in [1.54, 1.807) is 0 Å². The van der Waals surface area contributed by atoms with Crippen LogP contribution < -0.4 is 10.2 Å². The predicted octanol–water partition coefficient (Wildman–Crippen LogP) is 0.479. The van der Waals surface area contributed by atoms with Gasteiger partial charge in [0, 0.05) is 0 Å². The Morgan fingerprint density at radius 3 is 2.35 bits per heavy atom. The van der Waals surface area contributed by atoms with Gasteiger partial charge in [-0.1, -0.05) is 0 Å². The van der Waals surface area contributed by atoms with Gasteiger partial charge in [-0.25, -0.2) is 19.1 Å². The number of hydrogen-bond donors (Lipinski definition) is 6. The fourth-order valence-corrected chi connectivity index (χ4v) is 4.30. The van der Waals surface area contributed by atoms with Gasteiger partial charge in [-0.15, -0.1) is 0 Å². The van der Waals surface area contributed by atoms with Crippen molar-refractivity contribution in [3.63, 3.8) is 0 Å². The van der Waals surface area contributed by atoms with Gasteiger partial charge in [-0.05, 0) is 54.1 Å². The van der Waals surface area contributed by atoms with E-state index < -0.39 is 66.0 Å². The Bertz CT molecular complexity index is 1720. The molecule has 1 saturated heterocycles. The highest BCUT2D eigenvalue weighted by Crippen LogP contribution is 2.33. The summed E-state index contributed by atoms with van der Waals surface area (Å²) in [6, 6.07) is 10.8. The Labute approximate surface area is 238 Å². The molecule has 0 spiro atoms. The smallest absolute Gasteiger partial charge is 0.436 e. The largest absolute Gasteiger partial charge is 0.478 e. The molecule has 1 fully saturated rings. The molecule has 14 nitrogen and oxygen atoms in total. The molecule has 4 aromatic rings. The van der Waals surface area contributed by atoms with Crippen LogP contribution in [0.5, 0.6) is 5.75 Å². The topological polar surface area (TPSA) is 209 Å². The van der Waals surface area contributed by atoms with E-state index in [-0.39, 0.29) is 22.6 Å². The van der Waals surface area contributed by atoms with Crippen LogP contribution >= 0.6 is 0 Å². The molecule has 3 heterocycles. The maximum atomic E-state index is 13.9. The van der Waals surface area contributed by atoms with E-state index in [0.717, 1.165) is 15.7 Å². The van der Waals surface area contributed by atoms with E-state index in [0.29, 0.717) is 5.56 Å². The van der Waals surface area contributed by atoms with Crippen molar-refractivity contribution in [3.05, 3.63) is 77.2 Å². The molecule has 5 unspecified atom stereocenters. The third-order valence-electron chi connectivity index (χ3n) is 6.56. The molecule has 17 heteroatoms. The summed E-state index contributed by atoms with van der Waals surface area (Å²) in [5.74, 6) is -1.04. The maximum absolute atomic E-state index is 13.9. The molecule has 2 aromatic heterocycles. The standard InChI is InChI=1S/C26H23F3N6O8/c27-26(28,29)21-17-22(30)34(11-31-23(17)35(33-21)14-5-3-13(4-6-14)24(40)41)32-9-12-1-7-15(8-2-12)42-25-20(39)19(38)18(37)16(10-36)43-25/h1-9,11,16,18-20,25,30,36-39H,10H2,(H,40,41). The quantitative estimate of drug-likeness (QED) is 0.161. The minimum Gasteiger partial charge on any atom is -0.478 e. The average Bonchev–Trinajstić information content (AvgIpc) is 3.39. The number of nitrogens with one attached hydrogen (secondary N) is 1. The minimum absolute atomic E-state index is 0.0777. The van der Waals surface area contributed by atoms with Crippen molar-refractivity contribution in [1.82, 2.24) is 19.4 Å². The molecule has 0 aliphatic carbocycles. The lowest BCUT2D eigenvalue weighted by Gasteiger charge is -2.39. The van der Waals surface area contributed by atoms with Crippen LogP contribution in [0.2, 0.25) is 0 Å². The molecule has 0 bridgehead atoms. The third kappa shape index (κ3) is 5.84. The first-order valence-corrected chi connectivity index (χ1v) is 12.5. The molecular weight excluding hydrogens is 581 g/mol. The van der Waals surface area contributed by atoms with Crippen LogP contribution in [0.1, 0.15) is 21.6 Å². The predicted molar refractivity (Wildman–Crippen MR) is 139 cm³/mol. The number of aliphatic hydroxyl groups excluding tert-OH is 4. The maximum Gasteiger partial charge on any atom is 0.436 e. The van der Waals surface area contributed by atoms with E-state index in [1.807, 2.05) is 0 Å². The Kier molecular flexibility index (Phi) is 8.00. The van der Waals surface area contributed by atoms with Gasteiger partial charge in [0.05, 0.1) is 29.5 Å². The number of alkyl halides is 3. The van der Waals surface area contributed by atoms with Crippen LogP contribution in [0.25, 0.3) is 16.7 Å². The van der Waals surface area contributed by atoms with Crippen molar-refractivity contribution in [2.24, 2.45) is 5.10 Å². The molecule has 43 heavy (non-hydrogen) atoms. The number of aromatic carboxylic acids is 1. The number of carbonyl (C=O) groups is 1. The second-order valence-corrected chi connectivity index (χ2v) is 9.38. The van der Waals surface area contributed by atoms with Gasteiger partial charge in [-0.2, -0.15) is 23.4 Å². The van der Waals surface area contributed by atoms with Crippen molar-refractivity contribution in [3.8, 4) is 11.4 Å². The third-order valence-corrected chi connectivity index (χ3v) is 6.56. The van der Waals surface area contributed by atoms with E-state index in [1.165, 1.54) is 54.7 Å². The molecule has 0 amide bonds. The first-order chi connectivity index (χ1) is 20.4. The summed E-state index contributed by atoms with van der Waals surface area (Å²) in [6.07, 6.45) is -9.99. The zero-order valence-electron chi connectivity index (χ0n) is 21.7. The molecule has 6 N–H and O–H groups in total. The van der Waals surface area contributed by atoms with Crippen molar-refractivity contribution in [1.29, 1.82) is 5.41 Å². The van der Waals surface area contributed by atoms with Crippen molar-refractivity contribution >= 4 is 23.2 Å². The van der Waals surface area contributed by atoms with Gasteiger partial charge in [-0.3, -0.25) is 5.41 Å². The van der Waals surface area contributed by atoms with Crippen LogP contribution in [-0.2, 0) is 10.9 Å². The summed E-state index contributed by atoms with van der Waals surface area (Å²) < 4.78 is 54.2. The van der Waals surface area contributed by atoms with Gasteiger partial charge in [0.2, 0.25) is 6.29 Å². The summed E-state index contributed by atoms with van der Waals surface area (Å²) >= 11 is 0. The first-order valence-electron chi connectivity index (χ1n) is 12.5. The molecule has 2 aromatic carbocycles. The van der Waals surface area contributed by atoms with E-state index >= 15 is 0 Å². The monoisotopic (exact) mass is 604 g/mol. The van der Waals surface area contributed by atoms with Crippen LogP contribution in [0, 0.1) is 5.41 Å². The Hall–Kier alpha value is -4.68. The van der Waals surface area contributed by atoms with Crippen LogP contribution in [0.15, 0.2) is 60.0 Å². The lowest BCUT2D eigenvalue weighted by Crippen LogP contribution is -2.60. The lowest BCUT2D eigenvalue weighted by atomic mass is 9.99. The zero-order chi connectivity index (χ0) is 31.1. The Morgan fingerprint density at radius 2 is 1.74 bits per heavy atom. The molecule has 0 radical (unpaired) electrons. The van der Waals surface area contributed by atoms with Crippen LogP contribution in [0.4, 0.5) is 13.2 Å². The van der Waals surface area contributed by atoms with Gasteiger partial charge in [0.15, 0.2) is 16.8 Å². The summed E-state index contributed by atoms with van der Waals surface area (Å²) in [6.45, 7) is -0.623. The number of aromatic nitrogens is 4. The molecule has 0 saturated carbocycles. The SMILES string of the molecule is N=c1c2c(C(F)(F)F)nn(-c3ccc(C(=O)O)cc3)c2ncn1N=Cc1ccc(OC2OC(CO)C(O)C(O)C2O)cc1. The lowest BCUT2D eigenvalue weighted by molar-refractivity contribution is -0.277. The summed E-state index contributed by atoms with van der Waals surface area (Å²) in [5, 5.41) is 63.7. The van der Waals surface area contributed by atoms with E-state index in [2.05, 4.69) is 15.2 Å². The molecule has 226 valence electrons. The van der Waals surface area contributed by atoms with E-state index in [4.69, 9.17) is 20.0 Å². The highest BCUT2D eigenvalue weighted by Gasteiger charge is 2.44. The number of carboxylic acid groups (broad SMARTS) is 1. The number of ether oxygens (including phenoxy) is 2. The molecular formula is C26H23F3N6O8. The second kappa shape index (κ2) is 11.5. The zero-order valence-corrected chi connectivity index (χ0v) is 21.7. The Morgan fingerprint density at radius 1 is 1.07 bits per heavy atom. The number of rotatable bonds is 7. The van der Waals surface area contributed by atoms with E-state index in [9.17, 15) is 38.4 Å². The summed E-state index contributed by atoms with van der Waals surface area (Å²) in [5.41, 5.74) is -1.87. The summed E-state index contributed by atoms with van der Waals surface area (Å²) in [4.78, 5) is 15.2. The molecule has 5 atom stereocenters. The highest BCUT2D eigenvalue weighted by atomic mass is 19.4. The number of fused-ring (bicyclic) bond motifs is 1. The number of carboxylic acids is 1.